The smallest absolute Gasteiger partial charge is 0.326 e. The van der Waals surface area contributed by atoms with Crippen molar-refractivity contribution in [2.75, 3.05) is 13.2 Å². The first-order valence-electron chi connectivity index (χ1n) is 6.31. The number of carbonyl (C=O) groups is 3. The van der Waals surface area contributed by atoms with Gasteiger partial charge in [-0.2, -0.15) is 0 Å². The van der Waals surface area contributed by atoms with Crippen molar-refractivity contribution in [3.05, 3.63) is 0 Å². The van der Waals surface area contributed by atoms with Crippen LogP contribution in [0, 0.1) is 5.92 Å². The number of rotatable bonds is 8. The first-order valence-corrected chi connectivity index (χ1v) is 6.31. The van der Waals surface area contributed by atoms with Crippen LogP contribution in [-0.4, -0.2) is 42.3 Å². The van der Waals surface area contributed by atoms with Gasteiger partial charge in [-0.15, -0.1) is 0 Å². The van der Waals surface area contributed by atoms with E-state index in [4.69, 9.17) is 9.84 Å². The second-order valence-electron chi connectivity index (χ2n) is 4.37. The van der Waals surface area contributed by atoms with Gasteiger partial charge in [0.2, 0.25) is 0 Å². The minimum absolute atomic E-state index is 0.206. The van der Waals surface area contributed by atoms with Gasteiger partial charge in [0.15, 0.2) is 0 Å². The summed E-state index contributed by atoms with van der Waals surface area (Å²) in [6.07, 6.45) is 0.673. The molecule has 2 amide bonds. The Morgan fingerprint density at radius 2 is 1.89 bits per heavy atom. The Morgan fingerprint density at radius 1 is 1.26 bits per heavy atom. The average Bonchev–Trinajstić information content (AvgIpc) is 2.31. The minimum Gasteiger partial charge on any atom is -0.480 e. The summed E-state index contributed by atoms with van der Waals surface area (Å²) in [7, 11) is 0. The van der Waals surface area contributed by atoms with Crippen LogP contribution in [0.5, 0.6) is 0 Å². The lowest BCUT2D eigenvalue weighted by atomic mass is 10.1. The third kappa shape index (κ3) is 8.01. The predicted octanol–water partition coefficient (Wildman–Crippen LogP) is 0.738. The van der Waals surface area contributed by atoms with Gasteiger partial charge in [0.25, 0.3) is 0 Å². The number of urea groups is 1. The number of hydrogen-bond donors (Lipinski definition) is 3. The second-order valence-corrected chi connectivity index (χ2v) is 4.37. The zero-order valence-corrected chi connectivity index (χ0v) is 11.6. The molecule has 0 unspecified atom stereocenters. The van der Waals surface area contributed by atoms with E-state index >= 15 is 0 Å². The molecule has 0 heterocycles. The molecule has 19 heavy (non-hydrogen) atoms. The van der Waals surface area contributed by atoms with Crippen LogP contribution in [0.15, 0.2) is 0 Å². The van der Waals surface area contributed by atoms with Crippen molar-refractivity contribution < 1.29 is 24.2 Å². The molecule has 0 saturated heterocycles. The summed E-state index contributed by atoms with van der Waals surface area (Å²) in [5.74, 6) is -1.59. The highest BCUT2D eigenvalue weighted by molar-refractivity contribution is 5.82. The molecule has 0 rings (SSSR count). The summed E-state index contributed by atoms with van der Waals surface area (Å²) in [5.41, 5.74) is 0. The normalized spacial score (nSPS) is 11.8. The Balaban J connectivity index is 3.86. The summed E-state index contributed by atoms with van der Waals surface area (Å²) in [6.45, 7) is 5.76. The van der Waals surface area contributed by atoms with E-state index in [9.17, 15) is 14.4 Å². The van der Waals surface area contributed by atoms with Crippen molar-refractivity contribution in [2.24, 2.45) is 5.92 Å². The molecule has 7 nitrogen and oxygen atoms in total. The Kier molecular flexibility index (Phi) is 8.32. The molecule has 0 fully saturated rings. The molecule has 0 aromatic heterocycles. The molecule has 3 N–H and O–H groups in total. The molecule has 110 valence electrons. The number of esters is 1. The van der Waals surface area contributed by atoms with Crippen molar-refractivity contribution in [1.82, 2.24) is 10.6 Å². The van der Waals surface area contributed by atoms with Gasteiger partial charge in [-0.25, -0.2) is 9.59 Å². The van der Waals surface area contributed by atoms with Gasteiger partial charge >= 0.3 is 18.0 Å². The van der Waals surface area contributed by atoms with Gasteiger partial charge in [0, 0.05) is 13.0 Å². The van der Waals surface area contributed by atoms with Gasteiger partial charge in [-0.1, -0.05) is 13.8 Å². The fraction of sp³-hybridized carbons (Fsp3) is 0.750. The molecule has 0 aromatic rings. The van der Waals surface area contributed by atoms with Crippen LogP contribution in [0.3, 0.4) is 0 Å². The van der Waals surface area contributed by atoms with Crippen LogP contribution in [0.4, 0.5) is 4.79 Å². The zero-order valence-electron chi connectivity index (χ0n) is 11.6. The van der Waals surface area contributed by atoms with Crippen LogP contribution in [0.2, 0.25) is 0 Å². The largest absolute Gasteiger partial charge is 0.480 e. The van der Waals surface area contributed by atoms with Crippen molar-refractivity contribution in [1.29, 1.82) is 0 Å². The Labute approximate surface area is 112 Å². The Hall–Kier alpha value is -1.79. The molecular weight excluding hydrogens is 252 g/mol. The molecule has 0 bridgehead atoms. The molecule has 0 radical (unpaired) electrons. The summed E-state index contributed by atoms with van der Waals surface area (Å²) < 4.78 is 4.73. The zero-order chi connectivity index (χ0) is 14.8. The van der Waals surface area contributed by atoms with Gasteiger partial charge in [0.1, 0.15) is 6.04 Å². The van der Waals surface area contributed by atoms with Crippen LogP contribution in [-0.2, 0) is 14.3 Å². The maximum absolute atomic E-state index is 11.4. The van der Waals surface area contributed by atoms with Crippen LogP contribution < -0.4 is 10.6 Å². The van der Waals surface area contributed by atoms with Crippen molar-refractivity contribution in [3.63, 3.8) is 0 Å². The Bertz CT molecular complexity index is 317. The second kappa shape index (κ2) is 9.18. The number of nitrogens with one attached hydrogen (secondary N) is 2. The van der Waals surface area contributed by atoms with Gasteiger partial charge in [-0.05, 0) is 19.3 Å². The number of amides is 2. The van der Waals surface area contributed by atoms with Crippen LogP contribution in [0.1, 0.15) is 33.6 Å². The van der Waals surface area contributed by atoms with Gasteiger partial charge in [0.05, 0.1) is 6.61 Å². The molecular formula is C12H22N2O5. The monoisotopic (exact) mass is 274 g/mol. The van der Waals surface area contributed by atoms with Crippen molar-refractivity contribution >= 4 is 18.0 Å². The fourth-order valence-corrected chi connectivity index (χ4v) is 1.37. The van der Waals surface area contributed by atoms with E-state index in [1.165, 1.54) is 0 Å². The third-order valence-corrected chi connectivity index (χ3v) is 2.37. The van der Waals surface area contributed by atoms with Crippen LogP contribution >= 0.6 is 0 Å². The van der Waals surface area contributed by atoms with Crippen LogP contribution in [0.25, 0.3) is 0 Å². The summed E-state index contributed by atoms with van der Waals surface area (Å²) in [5, 5.41) is 13.8. The van der Waals surface area contributed by atoms with E-state index in [2.05, 4.69) is 10.6 Å². The average molecular weight is 274 g/mol. The highest BCUT2D eigenvalue weighted by atomic mass is 16.5. The molecule has 0 aromatic carbocycles. The first kappa shape index (κ1) is 17.2. The maximum atomic E-state index is 11.4. The number of carboxylic acids is 1. The lowest BCUT2D eigenvalue weighted by Gasteiger charge is -2.18. The molecule has 0 aliphatic heterocycles. The van der Waals surface area contributed by atoms with E-state index in [-0.39, 0.29) is 24.9 Å². The standard InChI is InChI=1S/C12H22N2O5/c1-4-19-9(15)6-5-7-13-12(18)14-10(8(2)3)11(16)17/h8,10H,4-7H2,1-3H3,(H,16,17)(H2,13,14,18)/t10-/m0/s1. The van der Waals surface area contributed by atoms with Gasteiger partial charge < -0.3 is 20.5 Å². The van der Waals surface area contributed by atoms with Crippen molar-refractivity contribution in [2.45, 2.75) is 39.7 Å². The third-order valence-electron chi connectivity index (χ3n) is 2.37. The Morgan fingerprint density at radius 3 is 2.37 bits per heavy atom. The first-order chi connectivity index (χ1) is 8.88. The molecule has 0 spiro atoms. The number of hydrogen-bond acceptors (Lipinski definition) is 4. The van der Waals surface area contributed by atoms with Crippen molar-refractivity contribution in [3.8, 4) is 0 Å². The fourth-order valence-electron chi connectivity index (χ4n) is 1.37. The molecule has 7 heteroatoms. The summed E-state index contributed by atoms with van der Waals surface area (Å²) in [4.78, 5) is 33.3. The quantitative estimate of drug-likeness (QED) is 0.447. The van der Waals surface area contributed by atoms with E-state index < -0.39 is 18.0 Å². The lowest BCUT2D eigenvalue weighted by molar-refractivity contribution is -0.143. The number of carboxylic acid groups (broad SMARTS) is 1. The maximum Gasteiger partial charge on any atom is 0.326 e. The molecule has 0 saturated carbocycles. The van der Waals surface area contributed by atoms with Gasteiger partial charge in [-0.3, -0.25) is 4.79 Å². The highest BCUT2D eigenvalue weighted by Crippen LogP contribution is 2.01. The molecule has 0 aliphatic carbocycles. The summed E-state index contributed by atoms with van der Waals surface area (Å²) in [6, 6.07) is -1.48. The number of aliphatic carboxylic acids is 1. The van der Waals surface area contributed by atoms with E-state index in [1.807, 2.05) is 0 Å². The number of ether oxygens (including phenoxy) is 1. The predicted molar refractivity (Wildman–Crippen MR) is 68.7 cm³/mol. The van der Waals surface area contributed by atoms with E-state index in [1.54, 1.807) is 20.8 Å². The minimum atomic E-state index is -1.07. The highest BCUT2D eigenvalue weighted by Gasteiger charge is 2.22. The van der Waals surface area contributed by atoms with E-state index in [0.717, 1.165) is 0 Å². The van der Waals surface area contributed by atoms with E-state index in [0.29, 0.717) is 13.0 Å². The molecule has 0 aliphatic rings. The SMILES string of the molecule is CCOC(=O)CCCNC(=O)N[C@H](C(=O)O)C(C)C. The topological polar surface area (TPSA) is 105 Å². The number of carbonyl (C=O) groups excluding carboxylic acids is 2. The summed E-state index contributed by atoms with van der Waals surface area (Å²) >= 11 is 0. The molecule has 1 atom stereocenters. The lowest BCUT2D eigenvalue weighted by Crippen LogP contribution is -2.48.